The van der Waals surface area contributed by atoms with Crippen molar-refractivity contribution in [2.45, 2.75) is 0 Å². The minimum atomic E-state index is -0.549. The van der Waals surface area contributed by atoms with Crippen LogP contribution >= 0.6 is 27.5 Å². The Morgan fingerprint density at radius 1 is 1.06 bits per heavy atom. The zero-order valence-corrected chi connectivity index (χ0v) is 20.4. The highest BCUT2D eigenvalue weighted by Crippen LogP contribution is 2.28. The number of halogens is 2. The Morgan fingerprint density at radius 3 is 2.50 bits per heavy atom. The van der Waals surface area contributed by atoms with Crippen molar-refractivity contribution >= 4 is 45.6 Å². The summed E-state index contributed by atoms with van der Waals surface area (Å²) in [4.78, 5) is 24.9. The number of ether oxygens (including phenoxy) is 3. The molecule has 0 unspecified atom stereocenters. The summed E-state index contributed by atoms with van der Waals surface area (Å²) in [5, 5.41) is 4.52. The Kier molecular flexibility index (Phi) is 8.84. The van der Waals surface area contributed by atoms with Crippen molar-refractivity contribution in [3.8, 4) is 17.2 Å². The number of hydrogen-bond donors (Lipinski definition) is 1. The van der Waals surface area contributed by atoms with Gasteiger partial charge >= 0.3 is 5.97 Å². The summed E-state index contributed by atoms with van der Waals surface area (Å²) in [6, 6.07) is 16.3. The fourth-order valence-corrected chi connectivity index (χ4v) is 3.26. The van der Waals surface area contributed by atoms with E-state index in [-0.39, 0.29) is 12.4 Å². The molecule has 3 aromatic carbocycles. The van der Waals surface area contributed by atoms with Crippen molar-refractivity contribution in [1.82, 2.24) is 5.43 Å². The van der Waals surface area contributed by atoms with Gasteiger partial charge in [0.15, 0.2) is 11.5 Å². The maximum atomic E-state index is 12.6. The fraction of sp³-hybridized carbons (Fsp3) is 0.0800. The van der Waals surface area contributed by atoms with Crippen LogP contribution in [0, 0.1) is 0 Å². The van der Waals surface area contributed by atoms with Crippen LogP contribution < -0.4 is 19.6 Å². The molecule has 7 nitrogen and oxygen atoms in total. The predicted octanol–water partition coefficient (Wildman–Crippen LogP) is 5.66. The molecule has 9 heteroatoms. The fourth-order valence-electron chi connectivity index (χ4n) is 2.77. The topological polar surface area (TPSA) is 86.2 Å². The lowest BCUT2D eigenvalue weighted by atomic mass is 10.2. The molecule has 174 valence electrons. The first-order valence-corrected chi connectivity index (χ1v) is 11.1. The average molecular weight is 544 g/mol. The third-order valence-corrected chi connectivity index (χ3v) is 5.14. The van der Waals surface area contributed by atoms with Crippen molar-refractivity contribution in [3.63, 3.8) is 0 Å². The highest BCUT2D eigenvalue weighted by molar-refractivity contribution is 9.10. The standard InChI is InChI=1S/C25H20BrClN2O5/c1-3-12-33-21-11-7-18(26)14-20(21)24(30)29-28-15-16-4-10-22(23(13-16)32-2)34-25(31)17-5-8-19(27)9-6-17/h3-11,13-15H,1,12H2,2H3,(H,29,30)/b28-15+. The third-order valence-electron chi connectivity index (χ3n) is 4.39. The van der Waals surface area contributed by atoms with Gasteiger partial charge in [-0.3, -0.25) is 4.79 Å². The van der Waals surface area contributed by atoms with Gasteiger partial charge in [-0.2, -0.15) is 5.10 Å². The third kappa shape index (κ3) is 6.69. The van der Waals surface area contributed by atoms with E-state index in [0.29, 0.717) is 33.2 Å². The zero-order valence-electron chi connectivity index (χ0n) is 18.1. The zero-order chi connectivity index (χ0) is 24.5. The number of hydrogen-bond acceptors (Lipinski definition) is 6. The van der Waals surface area contributed by atoms with Crippen molar-refractivity contribution in [2.75, 3.05) is 13.7 Å². The number of nitrogens with one attached hydrogen (secondary N) is 1. The molecule has 1 N–H and O–H groups in total. The molecule has 0 atom stereocenters. The second-order valence-corrected chi connectivity index (χ2v) is 8.10. The van der Waals surface area contributed by atoms with E-state index in [1.807, 2.05) is 0 Å². The van der Waals surface area contributed by atoms with Crippen LogP contribution in [0.1, 0.15) is 26.3 Å². The lowest BCUT2D eigenvalue weighted by molar-refractivity contribution is 0.0729. The summed E-state index contributed by atoms with van der Waals surface area (Å²) in [6.07, 6.45) is 3.03. The lowest BCUT2D eigenvalue weighted by Gasteiger charge is -2.10. The van der Waals surface area contributed by atoms with E-state index < -0.39 is 11.9 Å². The van der Waals surface area contributed by atoms with Gasteiger partial charge < -0.3 is 14.2 Å². The highest BCUT2D eigenvalue weighted by atomic mass is 79.9. The molecule has 0 heterocycles. The summed E-state index contributed by atoms with van der Waals surface area (Å²) >= 11 is 9.20. The Morgan fingerprint density at radius 2 is 1.79 bits per heavy atom. The molecule has 0 aliphatic rings. The molecule has 1 amide bonds. The minimum absolute atomic E-state index is 0.238. The number of nitrogens with zero attached hydrogens (tertiary/aromatic N) is 1. The first kappa shape index (κ1) is 25.0. The van der Waals surface area contributed by atoms with Crippen molar-refractivity contribution in [2.24, 2.45) is 5.10 Å². The molecule has 3 aromatic rings. The molecule has 0 radical (unpaired) electrons. The second-order valence-electron chi connectivity index (χ2n) is 6.75. The number of rotatable bonds is 9. The lowest BCUT2D eigenvalue weighted by Crippen LogP contribution is -2.19. The van der Waals surface area contributed by atoms with Gasteiger partial charge in [-0.25, -0.2) is 10.2 Å². The van der Waals surface area contributed by atoms with Gasteiger partial charge in [0.2, 0.25) is 0 Å². The number of methoxy groups -OCH3 is 1. The van der Waals surface area contributed by atoms with Crippen LogP contribution in [0.4, 0.5) is 0 Å². The van der Waals surface area contributed by atoms with Crippen molar-refractivity contribution in [3.05, 3.63) is 99.5 Å². The highest BCUT2D eigenvalue weighted by Gasteiger charge is 2.14. The number of esters is 1. The molecule has 34 heavy (non-hydrogen) atoms. The molecule has 0 saturated carbocycles. The van der Waals surface area contributed by atoms with E-state index in [2.05, 4.69) is 33.0 Å². The largest absolute Gasteiger partial charge is 0.493 e. The normalized spacial score (nSPS) is 10.6. The van der Waals surface area contributed by atoms with E-state index in [4.69, 9.17) is 25.8 Å². The maximum Gasteiger partial charge on any atom is 0.343 e. The van der Waals surface area contributed by atoms with Gasteiger partial charge in [-0.05, 0) is 66.2 Å². The monoisotopic (exact) mass is 542 g/mol. The van der Waals surface area contributed by atoms with Crippen LogP contribution in [0.15, 0.2) is 82.9 Å². The van der Waals surface area contributed by atoms with Gasteiger partial charge in [0.25, 0.3) is 5.91 Å². The Balaban J connectivity index is 1.69. The smallest absolute Gasteiger partial charge is 0.343 e. The van der Waals surface area contributed by atoms with Crippen LogP contribution in [-0.4, -0.2) is 31.8 Å². The first-order valence-electron chi connectivity index (χ1n) is 9.93. The van der Waals surface area contributed by atoms with Gasteiger partial charge in [0, 0.05) is 9.50 Å². The van der Waals surface area contributed by atoms with E-state index in [1.54, 1.807) is 66.7 Å². The van der Waals surface area contributed by atoms with Crippen molar-refractivity contribution < 1.29 is 23.8 Å². The number of hydrazone groups is 1. The number of benzene rings is 3. The van der Waals surface area contributed by atoms with Crippen molar-refractivity contribution in [1.29, 1.82) is 0 Å². The van der Waals surface area contributed by atoms with E-state index in [0.717, 1.165) is 4.47 Å². The van der Waals surface area contributed by atoms with Gasteiger partial charge in [0.1, 0.15) is 12.4 Å². The summed E-state index contributed by atoms with van der Waals surface area (Å²) in [7, 11) is 1.45. The van der Waals surface area contributed by atoms with E-state index in [1.165, 1.54) is 13.3 Å². The molecule has 0 aliphatic carbocycles. The number of carbonyl (C=O) groups excluding carboxylic acids is 2. The summed E-state index contributed by atoms with van der Waals surface area (Å²) in [5.74, 6) is -0.0277. The van der Waals surface area contributed by atoms with Crippen LogP contribution in [-0.2, 0) is 0 Å². The predicted molar refractivity (Wildman–Crippen MR) is 134 cm³/mol. The molecule has 0 aliphatic heterocycles. The number of carbonyl (C=O) groups is 2. The summed E-state index contributed by atoms with van der Waals surface area (Å²) < 4.78 is 17.0. The van der Waals surface area contributed by atoms with Crippen LogP contribution in [0.3, 0.4) is 0 Å². The number of amides is 1. The van der Waals surface area contributed by atoms with Gasteiger partial charge in [-0.1, -0.05) is 40.2 Å². The van der Waals surface area contributed by atoms with Crippen LogP contribution in [0.5, 0.6) is 17.2 Å². The van der Waals surface area contributed by atoms with E-state index in [9.17, 15) is 9.59 Å². The van der Waals surface area contributed by atoms with Gasteiger partial charge in [-0.15, -0.1) is 0 Å². The molecule has 0 bridgehead atoms. The summed E-state index contributed by atoms with van der Waals surface area (Å²) in [6.45, 7) is 3.87. The first-order chi connectivity index (χ1) is 16.4. The molecular weight excluding hydrogens is 524 g/mol. The Labute approximate surface area is 210 Å². The summed E-state index contributed by atoms with van der Waals surface area (Å²) in [5.41, 5.74) is 3.75. The van der Waals surface area contributed by atoms with Crippen LogP contribution in [0.25, 0.3) is 0 Å². The Hall–Kier alpha value is -3.62. The molecule has 3 rings (SSSR count). The molecule has 0 saturated heterocycles. The molecular formula is C25H20BrClN2O5. The molecule has 0 spiro atoms. The maximum absolute atomic E-state index is 12.6. The SMILES string of the molecule is C=CCOc1ccc(Br)cc1C(=O)N/N=C/c1ccc(OC(=O)c2ccc(Cl)cc2)c(OC)c1. The van der Waals surface area contributed by atoms with Gasteiger partial charge in [0.05, 0.1) is 24.5 Å². The quantitative estimate of drug-likeness (QED) is 0.124. The average Bonchev–Trinajstić information content (AvgIpc) is 2.84. The minimum Gasteiger partial charge on any atom is -0.493 e. The molecule has 0 fully saturated rings. The second kappa shape index (κ2) is 12.0. The Bertz CT molecular complexity index is 1230. The van der Waals surface area contributed by atoms with E-state index >= 15 is 0 Å². The molecule has 0 aromatic heterocycles. The van der Waals surface area contributed by atoms with Crippen LogP contribution in [0.2, 0.25) is 5.02 Å².